The SMILES string of the molecule is Cc1cc(C)c2c(n1)sc1c(=O)n(CC(=O)c3ccccc3)nnc12. The lowest BCUT2D eigenvalue weighted by atomic mass is 10.1. The summed E-state index contributed by atoms with van der Waals surface area (Å²) in [6.45, 7) is 3.75. The van der Waals surface area contributed by atoms with Crippen LogP contribution in [0.25, 0.3) is 20.4 Å². The van der Waals surface area contributed by atoms with Crippen molar-refractivity contribution in [3.63, 3.8) is 0 Å². The van der Waals surface area contributed by atoms with Gasteiger partial charge in [0, 0.05) is 16.6 Å². The minimum absolute atomic E-state index is 0.133. The summed E-state index contributed by atoms with van der Waals surface area (Å²) < 4.78 is 1.60. The molecular formula is C18H14N4O2S. The first-order chi connectivity index (χ1) is 12.0. The van der Waals surface area contributed by atoms with Crippen molar-refractivity contribution in [3.05, 3.63) is 63.6 Å². The van der Waals surface area contributed by atoms with Crippen LogP contribution >= 0.6 is 11.3 Å². The maximum absolute atomic E-state index is 12.8. The summed E-state index contributed by atoms with van der Waals surface area (Å²) in [5, 5.41) is 9.03. The fraction of sp³-hybridized carbons (Fsp3) is 0.167. The van der Waals surface area contributed by atoms with E-state index in [-0.39, 0.29) is 17.9 Å². The standard InChI is InChI=1S/C18H14N4O2S/c1-10-8-11(2)19-17-14(10)15-16(25-17)18(24)22(21-20-15)9-13(23)12-6-4-3-5-7-12/h3-8H,9H2,1-2H3. The van der Waals surface area contributed by atoms with Crippen LogP contribution in [0.1, 0.15) is 21.6 Å². The summed E-state index contributed by atoms with van der Waals surface area (Å²) in [7, 11) is 0. The van der Waals surface area contributed by atoms with Gasteiger partial charge in [0.05, 0.1) is 0 Å². The molecule has 124 valence electrons. The molecule has 0 unspecified atom stereocenters. The van der Waals surface area contributed by atoms with E-state index >= 15 is 0 Å². The predicted octanol–water partition coefficient (Wildman–Crippen LogP) is 2.90. The maximum atomic E-state index is 12.8. The number of fused-ring (bicyclic) bond motifs is 3. The molecule has 0 fully saturated rings. The number of rotatable bonds is 3. The van der Waals surface area contributed by atoms with Gasteiger partial charge in [0.25, 0.3) is 5.56 Å². The van der Waals surface area contributed by atoms with Crippen LogP contribution in [0.3, 0.4) is 0 Å². The van der Waals surface area contributed by atoms with Crippen LogP contribution in [0, 0.1) is 13.8 Å². The quantitative estimate of drug-likeness (QED) is 0.531. The molecule has 0 aliphatic rings. The van der Waals surface area contributed by atoms with Gasteiger partial charge in [0.15, 0.2) is 5.78 Å². The van der Waals surface area contributed by atoms with Gasteiger partial charge >= 0.3 is 0 Å². The highest BCUT2D eigenvalue weighted by Crippen LogP contribution is 2.31. The normalized spacial score (nSPS) is 11.3. The number of benzene rings is 1. The summed E-state index contributed by atoms with van der Waals surface area (Å²) in [5.41, 5.74) is 2.69. The largest absolute Gasteiger partial charge is 0.292 e. The average Bonchev–Trinajstić information content (AvgIpc) is 2.97. The Bertz CT molecular complexity index is 1180. The van der Waals surface area contributed by atoms with E-state index in [4.69, 9.17) is 0 Å². The number of aromatic nitrogens is 4. The molecule has 3 aromatic heterocycles. The van der Waals surface area contributed by atoms with Crippen molar-refractivity contribution in [3.8, 4) is 0 Å². The third-order valence-electron chi connectivity index (χ3n) is 4.03. The predicted molar refractivity (Wildman–Crippen MR) is 97.2 cm³/mol. The molecule has 0 bridgehead atoms. The highest BCUT2D eigenvalue weighted by molar-refractivity contribution is 7.25. The monoisotopic (exact) mass is 350 g/mol. The molecule has 4 rings (SSSR count). The second kappa shape index (κ2) is 5.86. The van der Waals surface area contributed by atoms with Crippen molar-refractivity contribution in [1.82, 2.24) is 20.0 Å². The smallest absolute Gasteiger partial charge is 0.288 e. The molecule has 0 saturated carbocycles. The van der Waals surface area contributed by atoms with Gasteiger partial charge in [-0.05, 0) is 25.5 Å². The summed E-state index contributed by atoms with van der Waals surface area (Å²) in [6.07, 6.45) is 0. The number of nitrogens with zero attached hydrogens (tertiary/aromatic N) is 4. The molecule has 1 aromatic carbocycles. The molecule has 0 aliphatic carbocycles. The third-order valence-corrected chi connectivity index (χ3v) is 5.09. The summed E-state index contributed by atoms with van der Waals surface area (Å²) in [5.74, 6) is -0.178. The highest BCUT2D eigenvalue weighted by atomic mass is 32.1. The Morgan fingerprint density at radius 2 is 1.96 bits per heavy atom. The Balaban J connectivity index is 1.83. The lowest BCUT2D eigenvalue weighted by Crippen LogP contribution is -2.27. The van der Waals surface area contributed by atoms with Crippen molar-refractivity contribution >= 4 is 37.6 Å². The first-order valence-corrected chi connectivity index (χ1v) is 8.59. The Morgan fingerprint density at radius 1 is 1.20 bits per heavy atom. The van der Waals surface area contributed by atoms with Crippen molar-refractivity contribution in [1.29, 1.82) is 0 Å². The molecule has 0 atom stereocenters. The van der Waals surface area contributed by atoms with E-state index in [9.17, 15) is 9.59 Å². The van der Waals surface area contributed by atoms with Crippen LogP contribution in [-0.4, -0.2) is 25.8 Å². The molecule has 0 radical (unpaired) electrons. The zero-order valence-electron chi connectivity index (χ0n) is 13.7. The summed E-state index contributed by atoms with van der Waals surface area (Å²) in [6, 6.07) is 10.8. The molecular weight excluding hydrogens is 336 g/mol. The minimum Gasteiger partial charge on any atom is -0.292 e. The van der Waals surface area contributed by atoms with Crippen molar-refractivity contribution in [2.24, 2.45) is 0 Å². The number of pyridine rings is 1. The second-order valence-electron chi connectivity index (χ2n) is 5.88. The number of carbonyl (C=O) groups is 1. The lowest BCUT2D eigenvalue weighted by molar-refractivity contribution is 0.0964. The van der Waals surface area contributed by atoms with Crippen molar-refractivity contribution < 1.29 is 4.79 Å². The van der Waals surface area contributed by atoms with E-state index in [2.05, 4.69) is 15.3 Å². The zero-order valence-corrected chi connectivity index (χ0v) is 14.5. The molecule has 25 heavy (non-hydrogen) atoms. The van der Waals surface area contributed by atoms with Gasteiger partial charge in [-0.1, -0.05) is 35.5 Å². The molecule has 4 aromatic rings. The van der Waals surface area contributed by atoms with Crippen LogP contribution in [-0.2, 0) is 6.54 Å². The molecule has 0 saturated heterocycles. The molecule has 3 heterocycles. The minimum atomic E-state index is -0.311. The van der Waals surface area contributed by atoms with E-state index in [1.165, 1.54) is 11.3 Å². The van der Waals surface area contributed by atoms with Gasteiger partial charge in [0.2, 0.25) is 0 Å². The third kappa shape index (κ3) is 2.62. The number of Topliss-reactive ketones (excluding diaryl/α,β-unsaturated/α-hetero) is 1. The Kier molecular flexibility index (Phi) is 3.65. The van der Waals surface area contributed by atoms with Gasteiger partial charge in [0.1, 0.15) is 21.6 Å². The number of thiophene rings is 1. The van der Waals surface area contributed by atoms with E-state index in [1.807, 2.05) is 26.0 Å². The highest BCUT2D eigenvalue weighted by Gasteiger charge is 2.17. The van der Waals surface area contributed by atoms with E-state index < -0.39 is 0 Å². The Hall–Kier alpha value is -2.93. The summed E-state index contributed by atoms with van der Waals surface area (Å²) in [4.78, 5) is 30.3. The van der Waals surface area contributed by atoms with Crippen LogP contribution in [0.2, 0.25) is 0 Å². The zero-order chi connectivity index (χ0) is 17.6. The number of ketones is 1. The fourth-order valence-electron chi connectivity index (χ4n) is 2.87. The van der Waals surface area contributed by atoms with Crippen LogP contribution in [0.15, 0.2) is 41.2 Å². The number of hydrogen-bond acceptors (Lipinski definition) is 6. The fourth-order valence-corrected chi connectivity index (χ4v) is 4.05. The molecule has 7 heteroatoms. The van der Waals surface area contributed by atoms with Gasteiger partial charge in [-0.25, -0.2) is 9.67 Å². The van der Waals surface area contributed by atoms with Gasteiger partial charge < -0.3 is 0 Å². The first-order valence-electron chi connectivity index (χ1n) is 7.77. The Labute approximate surface area is 146 Å². The van der Waals surface area contributed by atoms with Gasteiger partial charge in [-0.3, -0.25) is 9.59 Å². The summed E-state index contributed by atoms with van der Waals surface area (Å²) >= 11 is 1.30. The number of carbonyl (C=O) groups excluding carboxylic acids is 1. The topological polar surface area (TPSA) is 77.7 Å². The van der Waals surface area contributed by atoms with Crippen LogP contribution in [0.4, 0.5) is 0 Å². The molecule has 0 amide bonds. The second-order valence-corrected chi connectivity index (χ2v) is 6.88. The van der Waals surface area contributed by atoms with Gasteiger partial charge in [-0.15, -0.1) is 16.4 Å². The lowest BCUT2D eigenvalue weighted by Gasteiger charge is -2.03. The number of aryl methyl sites for hydroxylation is 2. The first kappa shape index (κ1) is 15.6. The van der Waals surface area contributed by atoms with Crippen molar-refractivity contribution in [2.45, 2.75) is 20.4 Å². The van der Waals surface area contributed by atoms with Crippen LogP contribution in [0.5, 0.6) is 0 Å². The maximum Gasteiger partial charge on any atom is 0.288 e. The Morgan fingerprint density at radius 3 is 2.72 bits per heavy atom. The van der Waals surface area contributed by atoms with Crippen LogP contribution < -0.4 is 5.56 Å². The number of hydrogen-bond donors (Lipinski definition) is 0. The average molecular weight is 350 g/mol. The molecule has 0 N–H and O–H groups in total. The van der Waals surface area contributed by atoms with E-state index in [1.54, 1.807) is 24.3 Å². The molecule has 6 nitrogen and oxygen atoms in total. The van der Waals surface area contributed by atoms with Crippen molar-refractivity contribution in [2.75, 3.05) is 0 Å². The van der Waals surface area contributed by atoms with E-state index in [0.717, 1.165) is 26.2 Å². The van der Waals surface area contributed by atoms with Gasteiger partial charge in [-0.2, -0.15) is 0 Å². The van der Waals surface area contributed by atoms with E-state index in [0.29, 0.717) is 15.8 Å². The molecule has 0 aliphatic heterocycles. The molecule has 0 spiro atoms.